The number of benzene rings is 1. The molecule has 0 fully saturated rings. The molecule has 1 unspecified atom stereocenters. The molecule has 0 saturated carbocycles. The molecule has 1 aromatic carbocycles. The Labute approximate surface area is 106 Å². The molecule has 0 aliphatic rings. The van der Waals surface area contributed by atoms with E-state index in [2.05, 4.69) is 34.4 Å². The molecule has 90 valence electrons. The summed E-state index contributed by atoms with van der Waals surface area (Å²) in [5.74, 6) is 1.24. The van der Waals surface area contributed by atoms with Gasteiger partial charge in [0.1, 0.15) is 0 Å². The maximum atomic E-state index is 5.86. The minimum Gasteiger partial charge on any atom is -0.339 e. The van der Waals surface area contributed by atoms with E-state index in [9.17, 15) is 0 Å². The van der Waals surface area contributed by atoms with Crippen LogP contribution in [0.1, 0.15) is 36.0 Å². The molecule has 17 heavy (non-hydrogen) atoms. The van der Waals surface area contributed by atoms with E-state index in [1.54, 1.807) is 0 Å². The lowest BCUT2D eigenvalue weighted by Gasteiger charge is -1.98. The van der Waals surface area contributed by atoms with Crippen LogP contribution in [0.25, 0.3) is 0 Å². The number of aromatic nitrogens is 2. The quantitative estimate of drug-likeness (QED) is 0.762. The van der Waals surface area contributed by atoms with Gasteiger partial charge in [0.15, 0.2) is 5.82 Å². The van der Waals surface area contributed by atoms with Gasteiger partial charge in [-0.25, -0.2) is 0 Å². The third-order valence-electron chi connectivity index (χ3n) is 2.54. The molecule has 0 radical (unpaired) electrons. The molecule has 1 heterocycles. The van der Waals surface area contributed by atoms with Gasteiger partial charge in [0.2, 0.25) is 5.89 Å². The predicted octanol–water partition coefficient (Wildman–Crippen LogP) is 3.54. The van der Waals surface area contributed by atoms with Crippen LogP contribution in [-0.4, -0.2) is 10.1 Å². The Morgan fingerprint density at radius 2 is 2.00 bits per heavy atom. The van der Waals surface area contributed by atoms with Crippen molar-refractivity contribution in [2.45, 2.75) is 31.6 Å². The standard InChI is InChI=1S/C13H15ClN2O/c1-10(14)13-15-12(17-16-13)9-5-8-11-6-3-2-4-7-11/h2-4,6-7,10H,5,8-9H2,1H3. The van der Waals surface area contributed by atoms with Gasteiger partial charge in [0.05, 0.1) is 5.38 Å². The van der Waals surface area contributed by atoms with Crippen LogP contribution in [0.5, 0.6) is 0 Å². The first-order chi connectivity index (χ1) is 8.25. The van der Waals surface area contributed by atoms with Gasteiger partial charge < -0.3 is 4.52 Å². The van der Waals surface area contributed by atoms with Crippen LogP contribution in [0.4, 0.5) is 0 Å². The van der Waals surface area contributed by atoms with Crippen molar-refractivity contribution in [2.75, 3.05) is 0 Å². The maximum absolute atomic E-state index is 5.86. The van der Waals surface area contributed by atoms with Crippen molar-refractivity contribution in [1.29, 1.82) is 0 Å². The fourth-order valence-corrected chi connectivity index (χ4v) is 1.71. The van der Waals surface area contributed by atoms with Gasteiger partial charge in [-0.2, -0.15) is 4.98 Å². The van der Waals surface area contributed by atoms with E-state index >= 15 is 0 Å². The van der Waals surface area contributed by atoms with Crippen LogP contribution in [0.3, 0.4) is 0 Å². The predicted molar refractivity (Wildman–Crippen MR) is 67.0 cm³/mol. The molecule has 0 bridgehead atoms. The Morgan fingerprint density at radius 1 is 1.24 bits per heavy atom. The highest BCUT2D eigenvalue weighted by Gasteiger charge is 2.10. The molecule has 0 spiro atoms. The number of nitrogens with zero attached hydrogens (tertiary/aromatic N) is 2. The first kappa shape index (κ1) is 12.1. The van der Waals surface area contributed by atoms with Gasteiger partial charge in [0.25, 0.3) is 0 Å². The molecule has 2 aromatic rings. The Morgan fingerprint density at radius 3 is 2.65 bits per heavy atom. The van der Waals surface area contributed by atoms with Crippen molar-refractivity contribution < 1.29 is 4.52 Å². The molecule has 0 aliphatic carbocycles. The molecule has 0 amide bonds. The van der Waals surface area contributed by atoms with Crippen LogP contribution in [0, 0.1) is 0 Å². The van der Waals surface area contributed by atoms with Gasteiger partial charge >= 0.3 is 0 Å². The van der Waals surface area contributed by atoms with Crippen LogP contribution in [0.2, 0.25) is 0 Å². The van der Waals surface area contributed by atoms with Crippen LogP contribution >= 0.6 is 11.6 Å². The summed E-state index contributed by atoms with van der Waals surface area (Å²) >= 11 is 5.86. The Bertz CT molecular complexity index is 453. The van der Waals surface area contributed by atoms with Crippen LogP contribution in [0.15, 0.2) is 34.9 Å². The largest absolute Gasteiger partial charge is 0.339 e. The van der Waals surface area contributed by atoms with Gasteiger partial charge in [-0.15, -0.1) is 11.6 Å². The molecule has 3 nitrogen and oxygen atoms in total. The average molecular weight is 251 g/mol. The van der Waals surface area contributed by atoms with Crippen molar-refractivity contribution in [3.05, 3.63) is 47.6 Å². The second kappa shape index (κ2) is 5.82. The average Bonchev–Trinajstić information content (AvgIpc) is 2.79. The van der Waals surface area contributed by atoms with Gasteiger partial charge in [0, 0.05) is 6.42 Å². The third-order valence-corrected chi connectivity index (χ3v) is 2.73. The molecular weight excluding hydrogens is 236 g/mol. The number of halogens is 1. The number of aryl methyl sites for hydroxylation is 2. The zero-order valence-corrected chi connectivity index (χ0v) is 10.5. The molecule has 1 atom stereocenters. The third kappa shape index (κ3) is 3.56. The van der Waals surface area contributed by atoms with Gasteiger partial charge in [-0.3, -0.25) is 0 Å². The number of rotatable bonds is 5. The van der Waals surface area contributed by atoms with E-state index < -0.39 is 0 Å². The number of hydrogen-bond acceptors (Lipinski definition) is 3. The fraction of sp³-hybridized carbons (Fsp3) is 0.385. The lowest BCUT2D eigenvalue weighted by Crippen LogP contribution is -1.91. The highest BCUT2D eigenvalue weighted by Crippen LogP contribution is 2.16. The Balaban J connectivity index is 1.82. The number of alkyl halides is 1. The summed E-state index contributed by atoms with van der Waals surface area (Å²) in [5, 5.41) is 3.63. The summed E-state index contributed by atoms with van der Waals surface area (Å²) in [7, 11) is 0. The SMILES string of the molecule is CC(Cl)c1noc(CCCc2ccccc2)n1. The molecule has 0 aliphatic heterocycles. The van der Waals surface area contributed by atoms with E-state index in [1.165, 1.54) is 5.56 Å². The maximum Gasteiger partial charge on any atom is 0.226 e. The highest BCUT2D eigenvalue weighted by atomic mass is 35.5. The van der Waals surface area contributed by atoms with Crippen molar-refractivity contribution in [2.24, 2.45) is 0 Å². The zero-order valence-electron chi connectivity index (χ0n) is 9.77. The smallest absolute Gasteiger partial charge is 0.226 e. The second-order valence-corrected chi connectivity index (χ2v) is 4.66. The molecule has 0 saturated heterocycles. The second-order valence-electron chi connectivity index (χ2n) is 4.00. The molecule has 4 heteroatoms. The topological polar surface area (TPSA) is 38.9 Å². The van der Waals surface area contributed by atoms with E-state index in [-0.39, 0.29) is 5.38 Å². The van der Waals surface area contributed by atoms with Gasteiger partial charge in [-0.05, 0) is 25.3 Å². The summed E-state index contributed by atoms with van der Waals surface area (Å²) in [5.41, 5.74) is 1.33. The lowest BCUT2D eigenvalue weighted by atomic mass is 10.1. The van der Waals surface area contributed by atoms with E-state index in [0.29, 0.717) is 11.7 Å². The minimum atomic E-state index is -0.193. The van der Waals surface area contributed by atoms with E-state index in [4.69, 9.17) is 16.1 Å². The fourth-order valence-electron chi connectivity index (χ4n) is 1.62. The van der Waals surface area contributed by atoms with Crippen molar-refractivity contribution in [3.63, 3.8) is 0 Å². The normalized spacial score (nSPS) is 12.6. The lowest BCUT2D eigenvalue weighted by molar-refractivity contribution is 0.370. The summed E-state index contributed by atoms with van der Waals surface area (Å²) in [6, 6.07) is 10.4. The van der Waals surface area contributed by atoms with E-state index in [0.717, 1.165) is 19.3 Å². The first-order valence-corrected chi connectivity index (χ1v) is 6.20. The van der Waals surface area contributed by atoms with Crippen LogP contribution < -0.4 is 0 Å². The van der Waals surface area contributed by atoms with Gasteiger partial charge in [-0.1, -0.05) is 35.5 Å². The Kier molecular flexibility index (Phi) is 4.15. The summed E-state index contributed by atoms with van der Waals surface area (Å²) < 4.78 is 5.12. The Hall–Kier alpha value is -1.35. The molecular formula is C13H15ClN2O. The van der Waals surface area contributed by atoms with Crippen molar-refractivity contribution >= 4 is 11.6 Å². The first-order valence-electron chi connectivity index (χ1n) is 5.76. The molecule has 1 aromatic heterocycles. The highest BCUT2D eigenvalue weighted by molar-refractivity contribution is 6.20. The molecule has 0 N–H and O–H groups in total. The summed E-state index contributed by atoms with van der Waals surface area (Å²) in [6.07, 6.45) is 2.82. The van der Waals surface area contributed by atoms with Crippen molar-refractivity contribution in [1.82, 2.24) is 10.1 Å². The number of hydrogen-bond donors (Lipinski definition) is 0. The summed E-state index contributed by atoms with van der Waals surface area (Å²) in [6.45, 7) is 1.83. The monoisotopic (exact) mass is 250 g/mol. The zero-order chi connectivity index (χ0) is 12.1. The van der Waals surface area contributed by atoms with E-state index in [1.807, 2.05) is 13.0 Å². The van der Waals surface area contributed by atoms with Crippen molar-refractivity contribution in [3.8, 4) is 0 Å². The minimum absolute atomic E-state index is 0.193. The molecule has 2 rings (SSSR count). The summed E-state index contributed by atoms with van der Waals surface area (Å²) in [4.78, 5) is 4.23. The van der Waals surface area contributed by atoms with Crippen LogP contribution in [-0.2, 0) is 12.8 Å².